The molecule has 2 heterocycles. The van der Waals surface area contributed by atoms with Crippen molar-refractivity contribution in [2.45, 2.75) is 12.8 Å². The second-order valence-corrected chi connectivity index (χ2v) is 6.40. The maximum Gasteiger partial charge on any atom is 0.157 e. The quantitative estimate of drug-likeness (QED) is 0.781. The number of alkyl halides is 1. The van der Waals surface area contributed by atoms with E-state index in [1.54, 1.807) is 22.7 Å². The molecule has 2 nitrogen and oxygen atoms in total. The molecule has 74 valence electrons. The van der Waals surface area contributed by atoms with Gasteiger partial charge in [0.25, 0.3) is 0 Å². The number of thiophene rings is 1. The second-order valence-electron chi connectivity index (χ2n) is 2.70. The van der Waals surface area contributed by atoms with E-state index < -0.39 is 0 Å². The standard InChI is InChI=1S/C8H6BrClN2S2/c1-4-2-5(13-7(4)9)8-12-11-6(3-10)14-8/h2H,3H2,1H3. The summed E-state index contributed by atoms with van der Waals surface area (Å²) in [6.07, 6.45) is 0. The average Bonchev–Trinajstić information content (AvgIpc) is 2.74. The Balaban J connectivity index is 2.39. The molecule has 0 N–H and O–H groups in total. The zero-order valence-electron chi connectivity index (χ0n) is 7.25. The molecule has 2 aromatic heterocycles. The van der Waals surface area contributed by atoms with Crippen LogP contribution in [-0.4, -0.2) is 10.2 Å². The van der Waals surface area contributed by atoms with Crippen LogP contribution in [0.15, 0.2) is 9.85 Å². The van der Waals surface area contributed by atoms with Gasteiger partial charge in [-0.3, -0.25) is 0 Å². The number of hydrogen-bond donors (Lipinski definition) is 0. The summed E-state index contributed by atoms with van der Waals surface area (Å²) in [5.74, 6) is 0.434. The lowest BCUT2D eigenvalue weighted by Crippen LogP contribution is -1.73. The maximum atomic E-state index is 5.67. The largest absolute Gasteiger partial charge is 0.157 e. The lowest BCUT2D eigenvalue weighted by Gasteiger charge is -1.83. The molecule has 0 aliphatic heterocycles. The Morgan fingerprint density at radius 2 is 2.21 bits per heavy atom. The van der Waals surface area contributed by atoms with Crippen LogP contribution in [0.1, 0.15) is 10.6 Å². The lowest BCUT2D eigenvalue weighted by molar-refractivity contribution is 1.04. The zero-order chi connectivity index (χ0) is 10.1. The van der Waals surface area contributed by atoms with Gasteiger partial charge < -0.3 is 0 Å². The smallest absolute Gasteiger partial charge is 0.142 e. The van der Waals surface area contributed by atoms with Gasteiger partial charge in [-0.15, -0.1) is 33.1 Å². The van der Waals surface area contributed by atoms with Gasteiger partial charge in [-0.1, -0.05) is 11.3 Å². The fourth-order valence-electron chi connectivity index (χ4n) is 0.972. The van der Waals surface area contributed by atoms with Crippen molar-refractivity contribution in [1.82, 2.24) is 10.2 Å². The molecule has 0 unspecified atom stereocenters. The molecule has 6 heteroatoms. The van der Waals surface area contributed by atoms with E-state index in [2.05, 4.69) is 39.1 Å². The van der Waals surface area contributed by atoms with Crippen LogP contribution in [0, 0.1) is 6.92 Å². The van der Waals surface area contributed by atoms with E-state index in [1.807, 2.05) is 0 Å². The van der Waals surface area contributed by atoms with Gasteiger partial charge in [-0.2, -0.15) is 0 Å². The molecule has 0 saturated carbocycles. The van der Waals surface area contributed by atoms with Crippen LogP contribution in [-0.2, 0) is 5.88 Å². The minimum Gasteiger partial charge on any atom is -0.142 e. The predicted molar refractivity (Wildman–Crippen MR) is 65.2 cm³/mol. The first-order valence-electron chi connectivity index (χ1n) is 3.85. The van der Waals surface area contributed by atoms with Crippen LogP contribution in [0.2, 0.25) is 0 Å². The topological polar surface area (TPSA) is 25.8 Å². The van der Waals surface area contributed by atoms with Crippen molar-refractivity contribution in [3.05, 3.63) is 20.4 Å². The summed E-state index contributed by atoms with van der Waals surface area (Å²) in [7, 11) is 0. The lowest BCUT2D eigenvalue weighted by atomic mass is 10.3. The maximum absolute atomic E-state index is 5.67. The Bertz CT molecular complexity index is 432. The Morgan fingerprint density at radius 3 is 2.71 bits per heavy atom. The Hall–Kier alpha value is 0.0300. The first kappa shape index (κ1) is 10.5. The number of halogens is 2. The summed E-state index contributed by atoms with van der Waals surface area (Å²) in [5, 5.41) is 9.87. The van der Waals surface area contributed by atoms with E-state index >= 15 is 0 Å². The van der Waals surface area contributed by atoms with Gasteiger partial charge in [0.1, 0.15) is 5.01 Å². The highest BCUT2D eigenvalue weighted by molar-refractivity contribution is 9.11. The van der Waals surface area contributed by atoms with Crippen LogP contribution in [0.25, 0.3) is 9.88 Å². The normalized spacial score (nSPS) is 10.8. The Kier molecular flexibility index (Phi) is 3.21. The highest BCUT2D eigenvalue weighted by atomic mass is 79.9. The molecular formula is C8H6BrClN2S2. The Labute approximate surface area is 103 Å². The molecule has 0 aliphatic rings. The molecule has 0 atom stereocenters. The van der Waals surface area contributed by atoms with Gasteiger partial charge in [-0.25, -0.2) is 0 Å². The van der Waals surface area contributed by atoms with Gasteiger partial charge in [0.2, 0.25) is 0 Å². The van der Waals surface area contributed by atoms with Gasteiger partial charge >= 0.3 is 0 Å². The molecule has 14 heavy (non-hydrogen) atoms. The van der Waals surface area contributed by atoms with Gasteiger partial charge in [-0.05, 0) is 34.5 Å². The van der Waals surface area contributed by atoms with Gasteiger partial charge in [0, 0.05) is 0 Å². The number of nitrogens with zero attached hydrogens (tertiary/aromatic N) is 2. The number of rotatable bonds is 2. The first-order chi connectivity index (χ1) is 6.70. The zero-order valence-corrected chi connectivity index (χ0v) is 11.2. The Morgan fingerprint density at radius 1 is 1.43 bits per heavy atom. The molecule has 0 bridgehead atoms. The van der Waals surface area contributed by atoms with Gasteiger partial charge in [0.15, 0.2) is 5.01 Å². The molecule has 0 spiro atoms. The van der Waals surface area contributed by atoms with Crippen molar-refractivity contribution in [1.29, 1.82) is 0 Å². The van der Waals surface area contributed by atoms with E-state index in [0.717, 1.165) is 18.7 Å². The summed E-state index contributed by atoms with van der Waals surface area (Å²) >= 11 is 12.4. The molecule has 0 radical (unpaired) electrons. The minimum absolute atomic E-state index is 0.434. The third-order valence-corrected chi connectivity index (χ3v) is 5.29. The van der Waals surface area contributed by atoms with Crippen LogP contribution in [0.5, 0.6) is 0 Å². The predicted octanol–water partition coefficient (Wildman–Crippen LogP) is 4.08. The van der Waals surface area contributed by atoms with Crippen molar-refractivity contribution in [3.8, 4) is 9.88 Å². The third kappa shape index (κ3) is 2.00. The fraction of sp³-hybridized carbons (Fsp3) is 0.250. The molecule has 2 rings (SSSR count). The molecule has 2 aromatic rings. The summed E-state index contributed by atoms with van der Waals surface area (Å²) in [6.45, 7) is 2.06. The van der Waals surface area contributed by atoms with Crippen molar-refractivity contribution in [2.24, 2.45) is 0 Å². The van der Waals surface area contributed by atoms with Gasteiger partial charge in [0.05, 0.1) is 14.5 Å². The number of hydrogen-bond acceptors (Lipinski definition) is 4. The molecule has 0 aliphatic carbocycles. The van der Waals surface area contributed by atoms with E-state index in [-0.39, 0.29) is 0 Å². The highest BCUT2D eigenvalue weighted by Gasteiger charge is 2.10. The number of aryl methyl sites for hydroxylation is 1. The van der Waals surface area contributed by atoms with Crippen molar-refractivity contribution >= 4 is 50.2 Å². The summed E-state index contributed by atoms with van der Waals surface area (Å²) in [5.41, 5.74) is 1.23. The summed E-state index contributed by atoms with van der Waals surface area (Å²) in [4.78, 5) is 1.14. The molecular weight excluding hydrogens is 304 g/mol. The van der Waals surface area contributed by atoms with E-state index in [9.17, 15) is 0 Å². The minimum atomic E-state index is 0.434. The summed E-state index contributed by atoms with van der Waals surface area (Å²) in [6, 6.07) is 2.10. The van der Waals surface area contributed by atoms with E-state index in [4.69, 9.17) is 11.6 Å². The molecule has 0 fully saturated rings. The van der Waals surface area contributed by atoms with Crippen LogP contribution in [0.4, 0.5) is 0 Å². The van der Waals surface area contributed by atoms with Crippen LogP contribution < -0.4 is 0 Å². The SMILES string of the molecule is Cc1cc(-c2nnc(CCl)s2)sc1Br. The third-order valence-electron chi connectivity index (χ3n) is 1.65. The van der Waals surface area contributed by atoms with Crippen LogP contribution in [0.3, 0.4) is 0 Å². The molecule has 0 amide bonds. The van der Waals surface area contributed by atoms with Crippen LogP contribution >= 0.6 is 50.2 Å². The number of aromatic nitrogens is 2. The monoisotopic (exact) mass is 308 g/mol. The van der Waals surface area contributed by atoms with E-state index in [1.165, 1.54) is 5.56 Å². The van der Waals surface area contributed by atoms with E-state index in [0.29, 0.717) is 5.88 Å². The van der Waals surface area contributed by atoms with Crippen molar-refractivity contribution in [2.75, 3.05) is 0 Å². The first-order valence-corrected chi connectivity index (χ1v) is 6.81. The van der Waals surface area contributed by atoms with Crippen molar-refractivity contribution < 1.29 is 0 Å². The molecule has 0 saturated heterocycles. The fourth-order valence-corrected chi connectivity index (χ4v) is 3.45. The average molecular weight is 310 g/mol. The highest BCUT2D eigenvalue weighted by Crippen LogP contribution is 2.36. The molecule has 0 aromatic carbocycles. The second kappa shape index (κ2) is 4.26. The summed E-state index contributed by atoms with van der Waals surface area (Å²) < 4.78 is 1.15. The van der Waals surface area contributed by atoms with Crippen molar-refractivity contribution in [3.63, 3.8) is 0 Å².